The molecule has 2 fully saturated rings. The van der Waals surface area contributed by atoms with Crippen LogP contribution in [0.5, 0.6) is 0 Å². The Kier molecular flexibility index (Phi) is 7.89. The molecule has 1 saturated carbocycles. The zero-order valence-electron chi connectivity index (χ0n) is 19.8. The number of amides is 4. The molecule has 202 valence electrons. The van der Waals surface area contributed by atoms with Gasteiger partial charge in [0.15, 0.2) is 0 Å². The van der Waals surface area contributed by atoms with Gasteiger partial charge < -0.3 is 21.3 Å². The number of hydrogen-bond acceptors (Lipinski definition) is 5. The van der Waals surface area contributed by atoms with E-state index in [1.807, 2.05) is 5.32 Å². The molecule has 37 heavy (non-hydrogen) atoms. The van der Waals surface area contributed by atoms with E-state index >= 15 is 0 Å². The van der Waals surface area contributed by atoms with Crippen molar-refractivity contribution >= 4 is 35.1 Å². The first-order valence-corrected chi connectivity index (χ1v) is 11.4. The van der Waals surface area contributed by atoms with Gasteiger partial charge in [0.25, 0.3) is 18.2 Å². The van der Waals surface area contributed by atoms with Crippen molar-refractivity contribution in [3.8, 4) is 0 Å². The lowest BCUT2D eigenvalue weighted by Crippen LogP contribution is -2.48. The molecule has 0 unspecified atom stereocenters. The highest BCUT2D eigenvalue weighted by Crippen LogP contribution is 2.58. The van der Waals surface area contributed by atoms with E-state index in [1.54, 1.807) is 6.92 Å². The van der Waals surface area contributed by atoms with E-state index < -0.39 is 89.0 Å². The summed E-state index contributed by atoms with van der Waals surface area (Å²) >= 11 is 0. The van der Waals surface area contributed by atoms with Gasteiger partial charge in [-0.2, -0.15) is 13.2 Å². The summed E-state index contributed by atoms with van der Waals surface area (Å²) in [5, 5.41) is 8.96. The molecule has 3 atom stereocenters. The van der Waals surface area contributed by atoms with E-state index in [9.17, 15) is 45.9 Å². The Bertz CT molecular complexity index is 1120. The molecule has 14 heteroatoms. The molecule has 0 aromatic heterocycles. The molecule has 1 aliphatic heterocycles. The van der Waals surface area contributed by atoms with Crippen LogP contribution in [0.2, 0.25) is 0 Å². The number of carbonyl (C=O) groups is 5. The fraction of sp³-hybridized carbons (Fsp3) is 0.522. The number of anilines is 1. The van der Waals surface area contributed by atoms with Crippen LogP contribution in [0.1, 0.15) is 55.0 Å². The van der Waals surface area contributed by atoms with Gasteiger partial charge in [-0.15, -0.1) is 0 Å². The van der Waals surface area contributed by atoms with Crippen molar-refractivity contribution in [2.45, 2.75) is 57.3 Å². The molecule has 1 aromatic rings. The Hall–Kier alpha value is -3.58. The molecule has 0 spiro atoms. The predicted molar refractivity (Wildman–Crippen MR) is 118 cm³/mol. The molecule has 1 aromatic carbocycles. The highest BCUT2D eigenvalue weighted by molar-refractivity contribution is 6.38. The maximum Gasteiger partial charge on any atom is 0.403 e. The fourth-order valence-corrected chi connectivity index (χ4v) is 4.19. The van der Waals surface area contributed by atoms with Crippen molar-refractivity contribution < 1.29 is 45.9 Å². The van der Waals surface area contributed by atoms with E-state index in [0.717, 1.165) is 19.2 Å². The van der Waals surface area contributed by atoms with E-state index in [1.165, 1.54) is 0 Å². The van der Waals surface area contributed by atoms with Crippen molar-refractivity contribution in [1.82, 2.24) is 16.0 Å². The maximum absolute atomic E-state index is 13.4. The van der Waals surface area contributed by atoms with Crippen LogP contribution in [-0.4, -0.2) is 54.7 Å². The number of alkyl halides is 5. The van der Waals surface area contributed by atoms with Crippen molar-refractivity contribution in [3.05, 3.63) is 29.3 Å². The van der Waals surface area contributed by atoms with Gasteiger partial charge in [0, 0.05) is 24.6 Å². The van der Waals surface area contributed by atoms with Gasteiger partial charge in [-0.3, -0.25) is 24.0 Å². The topological polar surface area (TPSA) is 133 Å². The number of likely N-dealkylation sites (N-methyl/N-ethyl adjacent to an activating group) is 1. The van der Waals surface area contributed by atoms with Crippen molar-refractivity contribution in [1.29, 1.82) is 0 Å². The van der Waals surface area contributed by atoms with Crippen LogP contribution in [0.15, 0.2) is 18.2 Å². The predicted octanol–water partition coefficient (Wildman–Crippen LogP) is 2.23. The van der Waals surface area contributed by atoms with Crippen LogP contribution >= 0.6 is 0 Å². The van der Waals surface area contributed by atoms with Gasteiger partial charge in [-0.25, -0.2) is 8.78 Å². The summed E-state index contributed by atoms with van der Waals surface area (Å²) in [4.78, 5) is 62.3. The summed E-state index contributed by atoms with van der Waals surface area (Å²) < 4.78 is 66.7. The van der Waals surface area contributed by atoms with Crippen molar-refractivity contribution in [2.75, 3.05) is 12.4 Å². The first kappa shape index (κ1) is 28.0. The molecule has 1 saturated heterocycles. The smallest absolute Gasteiger partial charge is 0.353 e. The van der Waals surface area contributed by atoms with Gasteiger partial charge in [0.2, 0.25) is 17.6 Å². The Labute approximate surface area is 207 Å². The molecule has 0 radical (unpaired) electrons. The summed E-state index contributed by atoms with van der Waals surface area (Å²) in [6.07, 6.45) is -8.84. The normalized spacial score (nSPS) is 21.1. The lowest BCUT2D eigenvalue weighted by atomic mass is 9.93. The Morgan fingerprint density at radius 2 is 1.81 bits per heavy atom. The third kappa shape index (κ3) is 5.88. The lowest BCUT2D eigenvalue weighted by Gasteiger charge is -2.22. The van der Waals surface area contributed by atoms with Gasteiger partial charge in [-0.05, 0) is 44.7 Å². The maximum atomic E-state index is 13.4. The van der Waals surface area contributed by atoms with Crippen molar-refractivity contribution in [3.63, 3.8) is 0 Å². The van der Waals surface area contributed by atoms with Gasteiger partial charge in [0.05, 0.1) is 17.3 Å². The number of nitrogens with one attached hydrogen (secondary N) is 4. The third-order valence-corrected chi connectivity index (χ3v) is 6.51. The average molecular weight is 532 g/mol. The summed E-state index contributed by atoms with van der Waals surface area (Å²) in [6.45, 7) is 1.71. The van der Waals surface area contributed by atoms with Crippen LogP contribution in [0.4, 0.5) is 27.6 Å². The van der Waals surface area contributed by atoms with E-state index in [0.29, 0.717) is 12.5 Å². The Morgan fingerprint density at radius 1 is 1.16 bits per heavy atom. The van der Waals surface area contributed by atoms with Crippen LogP contribution < -0.4 is 21.3 Å². The summed E-state index contributed by atoms with van der Waals surface area (Å²) in [5.74, 6) is -6.02. The number of ketones is 1. The van der Waals surface area contributed by atoms with Crippen molar-refractivity contribution in [2.24, 2.45) is 11.3 Å². The third-order valence-electron chi connectivity index (χ3n) is 6.51. The standard InChI is InChI=1S/C23H25F5N4O5/c1-10-7-12(18(34)30-10)9-15(16(33)20(36)29-2)31-19(35)13-8-11(17(24)25)3-4-14(13)32-21(37)22(5-6-22)23(26,27)28/h3-4,8,10,12,15,17H,5-7,9H2,1-2H3,(H,29,36)(H,30,34)(H,31,35)(H,32,37)/t10-,12+,15+/m1/s1. The quantitative estimate of drug-likeness (QED) is 0.286. The zero-order valence-corrected chi connectivity index (χ0v) is 19.8. The molecular formula is C23H25F5N4O5. The Balaban J connectivity index is 1.91. The molecule has 0 bridgehead atoms. The Morgan fingerprint density at radius 3 is 2.30 bits per heavy atom. The van der Waals surface area contributed by atoms with Gasteiger partial charge >= 0.3 is 6.18 Å². The second-order valence-corrected chi connectivity index (χ2v) is 9.19. The number of carbonyl (C=O) groups excluding carboxylic acids is 5. The molecule has 4 N–H and O–H groups in total. The highest BCUT2D eigenvalue weighted by Gasteiger charge is 2.68. The summed E-state index contributed by atoms with van der Waals surface area (Å²) in [6, 6.07) is 0.590. The van der Waals surface area contributed by atoms with Crippen LogP contribution in [-0.2, 0) is 19.2 Å². The van der Waals surface area contributed by atoms with E-state index in [4.69, 9.17) is 0 Å². The van der Waals surface area contributed by atoms with Gasteiger partial charge in [0.1, 0.15) is 5.41 Å². The number of hydrogen-bond donors (Lipinski definition) is 4. The first-order valence-electron chi connectivity index (χ1n) is 11.4. The minimum absolute atomic E-state index is 0.225. The molecule has 1 heterocycles. The van der Waals surface area contributed by atoms with E-state index in [2.05, 4.69) is 16.0 Å². The lowest BCUT2D eigenvalue weighted by molar-refractivity contribution is -0.189. The molecular weight excluding hydrogens is 507 g/mol. The average Bonchev–Trinajstić information content (AvgIpc) is 3.59. The monoisotopic (exact) mass is 532 g/mol. The number of benzene rings is 1. The summed E-state index contributed by atoms with van der Waals surface area (Å²) in [7, 11) is 1.16. The molecule has 9 nitrogen and oxygen atoms in total. The molecule has 3 rings (SSSR count). The van der Waals surface area contributed by atoms with Crippen LogP contribution in [0.3, 0.4) is 0 Å². The first-order chi connectivity index (χ1) is 17.2. The number of Topliss-reactive ketones (excluding diaryl/α,β-unsaturated/α-hetero) is 1. The minimum atomic E-state index is -4.85. The van der Waals surface area contributed by atoms with Crippen LogP contribution in [0.25, 0.3) is 0 Å². The van der Waals surface area contributed by atoms with Crippen LogP contribution in [0, 0.1) is 11.3 Å². The highest BCUT2D eigenvalue weighted by atomic mass is 19.4. The second-order valence-electron chi connectivity index (χ2n) is 9.19. The largest absolute Gasteiger partial charge is 0.403 e. The SMILES string of the molecule is CNC(=O)C(=O)[C@H](C[C@@H]1C[C@@H](C)NC1=O)NC(=O)c1cc(C(F)F)ccc1NC(=O)C1(C(F)(F)F)CC1. The second kappa shape index (κ2) is 10.4. The minimum Gasteiger partial charge on any atom is -0.353 e. The number of rotatable bonds is 9. The number of halogens is 5. The zero-order chi connectivity index (χ0) is 27.7. The molecule has 2 aliphatic rings. The fourth-order valence-electron chi connectivity index (χ4n) is 4.19. The molecule has 1 aliphatic carbocycles. The van der Waals surface area contributed by atoms with Gasteiger partial charge in [-0.1, -0.05) is 6.07 Å². The molecule has 4 amide bonds. The summed E-state index contributed by atoms with van der Waals surface area (Å²) in [5.41, 5.74) is -4.44. The van der Waals surface area contributed by atoms with E-state index in [-0.39, 0.29) is 12.5 Å².